The topological polar surface area (TPSA) is 34.2 Å². The first-order chi connectivity index (χ1) is 8.85. The van der Waals surface area contributed by atoms with Crippen molar-refractivity contribution >= 4 is 26.7 Å². The first kappa shape index (κ1) is 11.9. The van der Waals surface area contributed by atoms with Crippen LogP contribution in [-0.4, -0.2) is 24.2 Å². The number of aryl methyl sites for hydroxylation is 1. The maximum atomic E-state index is 5.37. The van der Waals surface area contributed by atoms with Gasteiger partial charge in [-0.05, 0) is 37.0 Å². The third-order valence-corrected chi connectivity index (χ3v) is 4.36. The van der Waals surface area contributed by atoms with Crippen LogP contribution in [0, 0.1) is 0 Å². The second-order valence-electron chi connectivity index (χ2n) is 4.71. The number of anilines is 1. The molecule has 96 valence electrons. The van der Waals surface area contributed by atoms with Crippen molar-refractivity contribution in [3.05, 3.63) is 23.8 Å². The lowest BCUT2D eigenvalue weighted by Gasteiger charge is -2.22. The van der Waals surface area contributed by atoms with E-state index in [2.05, 4.69) is 35.4 Å². The molecule has 0 amide bonds. The number of fused-ring (bicyclic) bond motifs is 1. The molecule has 1 fully saturated rings. The fourth-order valence-electron chi connectivity index (χ4n) is 2.27. The average Bonchev–Trinajstić information content (AvgIpc) is 2.80. The van der Waals surface area contributed by atoms with Crippen LogP contribution in [-0.2, 0) is 11.2 Å². The summed E-state index contributed by atoms with van der Waals surface area (Å²) < 4.78 is 6.65. The number of hydrogen-bond acceptors (Lipinski definition) is 4. The van der Waals surface area contributed by atoms with Crippen molar-refractivity contribution < 1.29 is 4.74 Å². The number of thiazole rings is 1. The highest BCUT2D eigenvalue weighted by Gasteiger charge is 2.15. The number of aromatic nitrogens is 1. The zero-order valence-electron chi connectivity index (χ0n) is 10.6. The Hall–Kier alpha value is -1.13. The van der Waals surface area contributed by atoms with Gasteiger partial charge in [-0.2, -0.15) is 0 Å². The van der Waals surface area contributed by atoms with Gasteiger partial charge < -0.3 is 10.1 Å². The Labute approximate surface area is 111 Å². The summed E-state index contributed by atoms with van der Waals surface area (Å²) in [6.45, 7) is 3.91. The average molecular weight is 262 g/mol. The minimum absolute atomic E-state index is 0.518. The highest BCUT2D eigenvalue weighted by molar-refractivity contribution is 7.22. The number of rotatable bonds is 3. The van der Waals surface area contributed by atoms with Crippen molar-refractivity contribution in [3.8, 4) is 0 Å². The molecule has 0 unspecified atom stereocenters. The van der Waals surface area contributed by atoms with Gasteiger partial charge in [-0.25, -0.2) is 4.98 Å². The Morgan fingerprint density at radius 2 is 2.22 bits per heavy atom. The quantitative estimate of drug-likeness (QED) is 0.920. The summed E-state index contributed by atoms with van der Waals surface area (Å²) >= 11 is 1.76. The zero-order chi connectivity index (χ0) is 12.4. The van der Waals surface area contributed by atoms with Crippen molar-refractivity contribution in [3.63, 3.8) is 0 Å². The predicted molar refractivity (Wildman–Crippen MR) is 76.5 cm³/mol. The van der Waals surface area contributed by atoms with Gasteiger partial charge in [0.2, 0.25) is 0 Å². The van der Waals surface area contributed by atoms with Gasteiger partial charge in [-0.15, -0.1) is 0 Å². The fourth-order valence-corrected chi connectivity index (χ4v) is 3.27. The molecule has 0 spiro atoms. The summed E-state index contributed by atoms with van der Waals surface area (Å²) in [5, 5.41) is 4.58. The highest BCUT2D eigenvalue weighted by atomic mass is 32.1. The van der Waals surface area contributed by atoms with Gasteiger partial charge in [0.1, 0.15) is 0 Å². The molecular formula is C14H18N2OS. The maximum Gasteiger partial charge on any atom is 0.184 e. The maximum absolute atomic E-state index is 5.37. The summed E-state index contributed by atoms with van der Waals surface area (Å²) in [7, 11) is 0. The zero-order valence-corrected chi connectivity index (χ0v) is 11.4. The molecule has 1 N–H and O–H groups in total. The van der Waals surface area contributed by atoms with Crippen LogP contribution < -0.4 is 5.32 Å². The molecular weight excluding hydrogens is 244 g/mol. The molecule has 18 heavy (non-hydrogen) atoms. The normalized spacial score (nSPS) is 17.2. The van der Waals surface area contributed by atoms with E-state index in [0.29, 0.717) is 6.04 Å². The smallest absolute Gasteiger partial charge is 0.184 e. The molecule has 2 heterocycles. The van der Waals surface area contributed by atoms with E-state index in [4.69, 9.17) is 4.74 Å². The number of nitrogens with one attached hydrogen (secondary N) is 1. The van der Waals surface area contributed by atoms with E-state index in [9.17, 15) is 0 Å². The summed E-state index contributed by atoms with van der Waals surface area (Å²) in [5.74, 6) is 0. The molecule has 1 aliphatic heterocycles. The molecule has 0 radical (unpaired) electrons. The van der Waals surface area contributed by atoms with Gasteiger partial charge in [0.15, 0.2) is 5.13 Å². The van der Waals surface area contributed by atoms with Crippen molar-refractivity contribution in [2.24, 2.45) is 0 Å². The lowest BCUT2D eigenvalue weighted by molar-refractivity contribution is 0.0904. The highest BCUT2D eigenvalue weighted by Crippen LogP contribution is 2.28. The monoisotopic (exact) mass is 262 g/mol. The van der Waals surface area contributed by atoms with E-state index < -0.39 is 0 Å². The van der Waals surface area contributed by atoms with Crippen LogP contribution in [0.4, 0.5) is 5.13 Å². The number of benzene rings is 1. The Morgan fingerprint density at radius 1 is 1.39 bits per heavy atom. The third-order valence-electron chi connectivity index (χ3n) is 3.41. The summed E-state index contributed by atoms with van der Waals surface area (Å²) in [6.07, 6.45) is 3.24. The van der Waals surface area contributed by atoms with Crippen LogP contribution in [0.15, 0.2) is 18.2 Å². The van der Waals surface area contributed by atoms with E-state index in [-0.39, 0.29) is 0 Å². The van der Waals surface area contributed by atoms with Crippen molar-refractivity contribution in [2.75, 3.05) is 18.5 Å². The Bertz CT molecular complexity index is 532. The lowest BCUT2D eigenvalue weighted by atomic mass is 10.1. The molecule has 3 rings (SSSR count). The number of ether oxygens (including phenoxy) is 1. The molecule has 1 aliphatic rings. The van der Waals surface area contributed by atoms with Gasteiger partial charge in [-0.3, -0.25) is 0 Å². The Morgan fingerprint density at radius 3 is 3.00 bits per heavy atom. The van der Waals surface area contributed by atoms with Crippen LogP contribution in [0.1, 0.15) is 25.3 Å². The van der Waals surface area contributed by atoms with Gasteiger partial charge in [0, 0.05) is 19.3 Å². The fraction of sp³-hybridized carbons (Fsp3) is 0.500. The van der Waals surface area contributed by atoms with E-state index in [1.165, 1.54) is 10.3 Å². The molecule has 1 aromatic heterocycles. The van der Waals surface area contributed by atoms with E-state index >= 15 is 0 Å². The Kier molecular flexibility index (Phi) is 3.48. The minimum Gasteiger partial charge on any atom is -0.381 e. The standard InChI is InChI=1S/C14H18N2OS/c1-2-10-3-4-12-13(9-10)18-14(16-12)15-11-5-7-17-8-6-11/h3-4,9,11H,2,5-8H2,1H3,(H,15,16). The Balaban J connectivity index is 1.79. The summed E-state index contributed by atoms with van der Waals surface area (Å²) in [5.41, 5.74) is 2.48. The van der Waals surface area contributed by atoms with Gasteiger partial charge >= 0.3 is 0 Å². The molecule has 0 saturated carbocycles. The van der Waals surface area contributed by atoms with Crippen molar-refractivity contribution in [1.29, 1.82) is 0 Å². The van der Waals surface area contributed by atoms with E-state index in [0.717, 1.165) is 43.1 Å². The number of hydrogen-bond donors (Lipinski definition) is 1. The second kappa shape index (κ2) is 5.24. The van der Waals surface area contributed by atoms with Crippen molar-refractivity contribution in [1.82, 2.24) is 4.98 Å². The first-order valence-electron chi connectivity index (χ1n) is 6.59. The molecule has 1 saturated heterocycles. The molecule has 0 atom stereocenters. The molecule has 1 aromatic carbocycles. The third kappa shape index (κ3) is 2.49. The molecule has 4 heteroatoms. The summed E-state index contributed by atoms with van der Waals surface area (Å²) in [6, 6.07) is 7.06. The second-order valence-corrected chi connectivity index (χ2v) is 5.74. The first-order valence-corrected chi connectivity index (χ1v) is 7.40. The summed E-state index contributed by atoms with van der Waals surface area (Å²) in [4.78, 5) is 4.65. The number of nitrogens with zero attached hydrogens (tertiary/aromatic N) is 1. The predicted octanol–water partition coefficient (Wildman–Crippen LogP) is 3.45. The van der Waals surface area contributed by atoms with E-state index in [1.807, 2.05) is 0 Å². The van der Waals surface area contributed by atoms with Crippen LogP contribution in [0.2, 0.25) is 0 Å². The van der Waals surface area contributed by atoms with Gasteiger partial charge in [0.05, 0.1) is 10.2 Å². The lowest BCUT2D eigenvalue weighted by Crippen LogP contribution is -2.27. The van der Waals surface area contributed by atoms with Crippen LogP contribution in [0.5, 0.6) is 0 Å². The molecule has 0 aliphatic carbocycles. The molecule has 2 aromatic rings. The van der Waals surface area contributed by atoms with Crippen LogP contribution >= 0.6 is 11.3 Å². The minimum atomic E-state index is 0.518. The SMILES string of the molecule is CCc1ccc2nc(NC3CCOCC3)sc2c1. The molecule has 0 bridgehead atoms. The van der Waals surface area contributed by atoms with Crippen molar-refractivity contribution in [2.45, 2.75) is 32.2 Å². The van der Waals surface area contributed by atoms with E-state index in [1.54, 1.807) is 11.3 Å². The van der Waals surface area contributed by atoms with Crippen LogP contribution in [0.25, 0.3) is 10.2 Å². The van der Waals surface area contributed by atoms with Gasteiger partial charge in [0.25, 0.3) is 0 Å². The van der Waals surface area contributed by atoms with Gasteiger partial charge in [-0.1, -0.05) is 24.3 Å². The van der Waals surface area contributed by atoms with Crippen LogP contribution in [0.3, 0.4) is 0 Å². The molecule has 3 nitrogen and oxygen atoms in total. The largest absolute Gasteiger partial charge is 0.381 e.